The van der Waals surface area contributed by atoms with Gasteiger partial charge in [-0.25, -0.2) is 0 Å². The van der Waals surface area contributed by atoms with E-state index in [9.17, 15) is 28.8 Å². The lowest BCUT2D eigenvalue weighted by molar-refractivity contribution is 0.0943. The van der Waals surface area contributed by atoms with Crippen LogP contribution in [-0.2, 0) is 0 Å². The zero-order chi connectivity index (χ0) is 38.2. The second-order valence-electron chi connectivity index (χ2n) is 13.1. The van der Waals surface area contributed by atoms with Gasteiger partial charge in [-0.2, -0.15) is 0 Å². The Morgan fingerprint density at radius 1 is 0.444 bits per heavy atom. The molecule has 2 aliphatic carbocycles. The number of carbonyl (C=O) groups excluding carboxylic acids is 6. The molecule has 54 heavy (non-hydrogen) atoms. The summed E-state index contributed by atoms with van der Waals surface area (Å²) >= 11 is 12.7. The molecule has 0 spiro atoms. The highest BCUT2D eigenvalue weighted by molar-refractivity contribution is 8.76. The lowest BCUT2D eigenvalue weighted by Crippen LogP contribution is -2.27. The maximum Gasteiger partial charge on any atom is 0.252 e. The van der Waals surface area contributed by atoms with Crippen LogP contribution in [0.4, 0.5) is 0 Å². The average molecular weight is 802 g/mol. The minimum Gasteiger partial charge on any atom is -0.352 e. The third-order valence-corrected chi connectivity index (χ3v) is 12.7. The summed E-state index contributed by atoms with van der Waals surface area (Å²) in [5, 5.41) is 6.07. The highest BCUT2D eigenvalue weighted by atomic mass is 35.5. The van der Waals surface area contributed by atoms with Crippen LogP contribution in [0.5, 0.6) is 0 Å². The zero-order valence-corrected chi connectivity index (χ0v) is 32.6. The van der Waals surface area contributed by atoms with Crippen LogP contribution in [0, 0.1) is 0 Å². The SMILES string of the molecule is O=C(NCCCCCCSSCCCCCCNC(=O)c1cc2c(cc1Cl)C(=O)c1ccccc1C2=O)c1cc2c(cc1Cl)C(=O)c1ccccc1C2=O. The van der Waals surface area contributed by atoms with E-state index < -0.39 is 0 Å². The molecule has 0 unspecified atom stereocenters. The van der Waals surface area contributed by atoms with Crippen LogP contribution >= 0.6 is 44.8 Å². The Hall–Kier alpha value is -4.22. The Morgan fingerprint density at radius 3 is 1.11 bits per heavy atom. The summed E-state index contributed by atoms with van der Waals surface area (Å²) in [7, 11) is 3.74. The first-order chi connectivity index (χ1) is 26.2. The number of fused-ring (bicyclic) bond motifs is 4. The molecule has 12 heteroatoms. The summed E-state index contributed by atoms with van der Waals surface area (Å²) in [5.41, 5.74) is 2.58. The van der Waals surface area contributed by atoms with E-state index in [2.05, 4.69) is 10.6 Å². The molecule has 6 rings (SSSR count). The zero-order valence-electron chi connectivity index (χ0n) is 29.4. The van der Waals surface area contributed by atoms with Crippen LogP contribution in [0.2, 0.25) is 10.0 Å². The number of amides is 2. The fourth-order valence-electron chi connectivity index (χ4n) is 6.58. The van der Waals surface area contributed by atoms with Crippen LogP contribution < -0.4 is 10.6 Å². The Morgan fingerprint density at radius 2 is 0.759 bits per heavy atom. The molecule has 0 bridgehead atoms. The minimum atomic E-state index is -0.362. The molecule has 8 nitrogen and oxygen atoms in total. The molecule has 2 amide bonds. The Bertz CT molecular complexity index is 2000. The molecule has 0 atom stereocenters. The van der Waals surface area contributed by atoms with Crippen molar-refractivity contribution >= 4 is 79.7 Å². The van der Waals surface area contributed by atoms with Gasteiger partial charge < -0.3 is 10.6 Å². The first-order valence-corrected chi connectivity index (χ1v) is 21.3. The standard InChI is InChI=1S/C42H38Cl2N2O6S2/c43-35-23-31-29(37(47)25-13-5-7-15-27(25)39(31)49)21-33(35)41(51)45-17-9-1-3-11-19-53-54-20-12-4-2-10-18-46-42(52)34-22-30-32(24-36(34)44)40(50)28-16-8-6-14-26(28)38(30)48/h5-8,13-16,21-24H,1-4,9-12,17-20H2,(H,45,51)(H,46,52). The van der Waals surface area contributed by atoms with Gasteiger partial charge >= 0.3 is 0 Å². The van der Waals surface area contributed by atoms with Crippen molar-refractivity contribution in [1.29, 1.82) is 0 Å². The van der Waals surface area contributed by atoms with E-state index in [1.54, 1.807) is 48.5 Å². The smallest absolute Gasteiger partial charge is 0.252 e. The molecule has 4 aromatic carbocycles. The predicted octanol–water partition coefficient (Wildman–Crippen LogP) is 9.21. The molecule has 0 aromatic heterocycles. The molecule has 4 aromatic rings. The number of nitrogens with one attached hydrogen (secondary N) is 2. The van der Waals surface area contributed by atoms with Gasteiger partial charge in [0.2, 0.25) is 0 Å². The van der Waals surface area contributed by atoms with Crippen molar-refractivity contribution in [3.05, 3.63) is 138 Å². The fourth-order valence-corrected chi connectivity index (χ4v) is 9.37. The monoisotopic (exact) mass is 800 g/mol. The summed E-state index contributed by atoms with van der Waals surface area (Å²) in [6.07, 6.45) is 7.91. The maximum atomic E-state index is 13.0. The molecule has 278 valence electrons. The van der Waals surface area contributed by atoms with Crippen LogP contribution in [-0.4, -0.2) is 59.5 Å². The van der Waals surface area contributed by atoms with E-state index in [4.69, 9.17) is 23.2 Å². The van der Waals surface area contributed by atoms with Gasteiger partial charge in [-0.15, -0.1) is 0 Å². The second-order valence-corrected chi connectivity index (χ2v) is 16.7. The maximum absolute atomic E-state index is 13.0. The first-order valence-electron chi connectivity index (χ1n) is 18.0. The van der Waals surface area contributed by atoms with E-state index in [0.29, 0.717) is 35.3 Å². The van der Waals surface area contributed by atoms with Crippen LogP contribution in [0.25, 0.3) is 0 Å². The van der Waals surface area contributed by atoms with Gasteiger partial charge in [0.15, 0.2) is 23.1 Å². The third kappa shape index (κ3) is 8.84. The third-order valence-electron chi connectivity index (χ3n) is 9.48. The molecule has 0 heterocycles. The lowest BCUT2D eigenvalue weighted by atomic mass is 9.83. The van der Waals surface area contributed by atoms with Crippen molar-refractivity contribution < 1.29 is 28.8 Å². The number of unbranched alkanes of at least 4 members (excludes halogenated alkanes) is 6. The molecule has 0 aliphatic heterocycles. The van der Waals surface area contributed by atoms with Crippen molar-refractivity contribution in [2.45, 2.75) is 51.4 Å². The van der Waals surface area contributed by atoms with Gasteiger partial charge in [0.1, 0.15) is 0 Å². The number of hydrogen-bond acceptors (Lipinski definition) is 8. The second kappa shape index (κ2) is 18.4. The van der Waals surface area contributed by atoms with E-state index in [1.807, 2.05) is 21.6 Å². The number of rotatable bonds is 17. The van der Waals surface area contributed by atoms with Gasteiger partial charge in [0.05, 0.1) is 21.2 Å². The normalized spacial score (nSPS) is 12.9. The average Bonchev–Trinajstić information content (AvgIpc) is 3.18. The molecule has 2 N–H and O–H groups in total. The summed E-state index contributed by atoms with van der Waals surface area (Å²) in [6, 6.07) is 19.0. The van der Waals surface area contributed by atoms with Crippen molar-refractivity contribution in [3.8, 4) is 0 Å². The predicted molar refractivity (Wildman–Crippen MR) is 216 cm³/mol. The Balaban J connectivity index is 0.787. The van der Waals surface area contributed by atoms with Gasteiger partial charge in [-0.1, -0.05) is 119 Å². The highest BCUT2D eigenvalue weighted by Gasteiger charge is 2.32. The molecule has 2 aliphatic rings. The Labute approximate surface area is 331 Å². The molecular formula is C42H38Cl2N2O6S2. The van der Waals surface area contributed by atoms with Crippen molar-refractivity contribution in [2.75, 3.05) is 24.6 Å². The number of ketones is 4. The molecule has 0 saturated carbocycles. The first kappa shape index (κ1) is 39.5. The molecule has 0 radical (unpaired) electrons. The summed E-state index contributed by atoms with van der Waals surface area (Å²) in [6.45, 7) is 0.988. The topological polar surface area (TPSA) is 126 Å². The quantitative estimate of drug-likeness (QED) is 0.0691. The van der Waals surface area contributed by atoms with E-state index in [1.165, 1.54) is 24.3 Å². The van der Waals surface area contributed by atoms with E-state index in [-0.39, 0.29) is 78.4 Å². The lowest BCUT2D eigenvalue weighted by Gasteiger charge is -2.18. The summed E-state index contributed by atoms with van der Waals surface area (Å²) in [5.74, 6) is 0.268. The number of halogens is 2. The van der Waals surface area contributed by atoms with Gasteiger partial charge in [0.25, 0.3) is 11.8 Å². The summed E-state index contributed by atoms with van der Waals surface area (Å²) < 4.78 is 0. The molecule has 0 fully saturated rings. The van der Waals surface area contributed by atoms with Gasteiger partial charge in [-0.05, 0) is 49.9 Å². The van der Waals surface area contributed by atoms with Crippen molar-refractivity contribution in [2.24, 2.45) is 0 Å². The van der Waals surface area contributed by atoms with Crippen LogP contribution in [0.15, 0.2) is 72.8 Å². The fraction of sp³-hybridized carbons (Fsp3) is 0.286. The van der Waals surface area contributed by atoms with Gasteiger partial charge in [0, 0.05) is 69.1 Å². The highest BCUT2D eigenvalue weighted by Crippen LogP contribution is 2.33. The molecular weight excluding hydrogens is 764 g/mol. The van der Waals surface area contributed by atoms with E-state index in [0.717, 1.165) is 62.9 Å². The molecule has 0 saturated heterocycles. The number of carbonyl (C=O) groups is 6. The number of hydrogen-bond donors (Lipinski definition) is 2. The van der Waals surface area contributed by atoms with E-state index >= 15 is 0 Å². The Kier molecular flexibility index (Phi) is 13.5. The summed E-state index contributed by atoms with van der Waals surface area (Å²) in [4.78, 5) is 77.5. The van der Waals surface area contributed by atoms with Gasteiger partial charge in [-0.3, -0.25) is 28.8 Å². The number of benzene rings is 4. The van der Waals surface area contributed by atoms with Crippen LogP contribution in [0.1, 0.15) is 136 Å². The van der Waals surface area contributed by atoms with Crippen molar-refractivity contribution in [3.63, 3.8) is 0 Å². The van der Waals surface area contributed by atoms with Crippen molar-refractivity contribution in [1.82, 2.24) is 10.6 Å². The van der Waals surface area contributed by atoms with Crippen LogP contribution in [0.3, 0.4) is 0 Å². The largest absolute Gasteiger partial charge is 0.352 e. The minimum absolute atomic E-state index is 0.144.